The van der Waals surface area contributed by atoms with Crippen LogP contribution in [0, 0.1) is 5.92 Å². The number of aromatic nitrogens is 3. The highest BCUT2D eigenvalue weighted by Crippen LogP contribution is 2.14. The maximum atomic E-state index is 4.51. The van der Waals surface area contributed by atoms with Gasteiger partial charge in [0.05, 0.1) is 6.20 Å². The smallest absolute Gasteiger partial charge is 0.157 e. The second kappa shape index (κ2) is 5.27. The first-order valence-corrected chi connectivity index (χ1v) is 6.22. The average molecular weight is 232 g/mol. The third kappa shape index (κ3) is 2.82. The molecule has 2 aromatic rings. The molecule has 92 valence electrons. The number of nitrogens with zero attached hydrogens (tertiary/aromatic N) is 3. The molecule has 0 aromatic carbocycles. The summed E-state index contributed by atoms with van der Waals surface area (Å²) >= 11 is 0. The lowest BCUT2D eigenvalue weighted by Crippen LogP contribution is -2.12. The summed E-state index contributed by atoms with van der Waals surface area (Å²) < 4.78 is 1.98. The molecule has 2 rings (SSSR count). The van der Waals surface area contributed by atoms with Crippen LogP contribution in [0.1, 0.15) is 26.3 Å². The van der Waals surface area contributed by atoms with Crippen molar-refractivity contribution in [2.45, 2.75) is 33.9 Å². The molecule has 0 aliphatic heterocycles. The lowest BCUT2D eigenvalue weighted by molar-refractivity contribution is 0.492. The van der Waals surface area contributed by atoms with Crippen molar-refractivity contribution < 1.29 is 0 Å². The highest BCUT2D eigenvalue weighted by molar-refractivity contribution is 5.74. The fraction of sp³-hybridized carbons (Fsp3) is 0.538. The fourth-order valence-corrected chi connectivity index (χ4v) is 1.86. The molecule has 0 amide bonds. The average Bonchev–Trinajstić information content (AvgIpc) is 2.68. The molecule has 0 unspecified atom stereocenters. The van der Waals surface area contributed by atoms with Crippen molar-refractivity contribution in [2.75, 3.05) is 6.54 Å². The standard InChI is InChI=1S/C13H20N4/c1-4-14-6-11-5-12-8-16-17(9-10(2)3)13(12)15-7-11/h5,7-8,10,14H,4,6,9H2,1-3H3. The summed E-state index contributed by atoms with van der Waals surface area (Å²) in [6.45, 7) is 9.25. The zero-order valence-electron chi connectivity index (χ0n) is 10.8. The molecule has 2 aromatic heterocycles. The van der Waals surface area contributed by atoms with Gasteiger partial charge in [0.15, 0.2) is 5.65 Å². The van der Waals surface area contributed by atoms with E-state index in [0.29, 0.717) is 5.92 Å². The Labute approximate surface area is 102 Å². The van der Waals surface area contributed by atoms with Gasteiger partial charge < -0.3 is 5.32 Å². The number of pyridine rings is 1. The van der Waals surface area contributed by atoms with E-state index in [2.05, 4.69) is 42.2 Å². The van der Waals surface area contributed by atoms with Gasteiger partial charge in [-0.05, 0) is 24.1 Å². The predicted octanol–water partition coefficient (Wildman–Crippen LogP) is 2.20. The third-order valence-electron chi connectivity index (χ3n) is 2.65. The summed E-state index contributed by atoms with van der Waals surface area (Å²) in [7, 11) is 0. The van der Waals surface area contributed by atoms with Gasteiger partial charge in [-0.2, -0.15) is 5.10 Å². The van der Waals surface area contributed by atoms with Crippen LogP contribution in [0.2, 0.25) is 0 Å². The molecule has 0 saturated carbocycles. The van der Waals surface area contributed by atoms with Crippen LogP contribution in [-0.4, -0.2) is 21.3 Å². The van der Waals surface area contributed by atoms with Gasteiger partial charge in [-0.15, -0.1) is 0 Å². The Hall–Kier alpha value is -1.42. The van der Waals surface area contributed by atoms with Crippen LogP contribution in [0.5, 0.6) is 0 Å². The van der Waals surface area contributed by atoms with Crippen LogP contribution in [-0.2, 0) is 13.1 Å². The van der Waals surface area contributed by atoms with Gasteiger partial charge >= 0.3 is 0 Å². The molecule has 0 aliphatic rings. The Morgan fingerprint density at radius 2 is 2.18 bits per heavy atom. The minimum atomic E-state index is 0.585. The second-order valence-corrected chi connectivity index (χ2v) is 4.76. The fourth-order valence-electron chi connectivity index (χ4n) is 1.86. The number of hydrogen-bond donors (Lipinski definition) is 1. The molecule has 17 heavy (non-hydrogen) atoms. The number of fused-ring (bicyclic) bond motifs is 1. The molecule has 4 heteroatoms. The topological polar surface area (TPSA) is 42.7 Å². The van der Waals surface area contributed by atoms with E-state index in [1.807, 2.05) is 17.1 Å². The first-order valence-electron chi connectivity index (χ1n) is 6.22. The lowest BCUT2D eigenvalue weighted by Gasteiger charge is -2.06. The summed E-state index contributed by atoms with van der Waals surface area (Å²) in [6, 6.07) is 2.16. The van der Waals surface area contributed by atoms with Gasteiger partial charge in [-0.1, -0.05) is 20.8 Å². The van der Waals surface area contributed by atoms with Crippen LogP contribution < -0.4 is 5.32 Å². The van der Waals surface area contributed by atoms with Crippen LogP contribution >= 0.6 is 0 Å². The van der Waals surface area contributed by atoms with Crippen LogP contribution in [0.4, 0.5) is 0 Å². The van der Waals surface area contributed by atoms with E-state index in [1.165, 1.54) is 5.56 Å². The molecule has 0 bridgehead atoms. The highest BCUT2D eigenvalue weighted by Gasteiger charge is 2.06. The molecule has 0 aliphatic carbocycles. The maximum Gasteiger partial charge on any atom is 0.157 e. The summed E-state index contributed by atoms with van der Waals surface area (Å²) in [4.78, 5) is 4.51. The Balaban J connectivity index is 2.25. The lowest BCUT2D eigenvalue weighted by atomic mass is 10.2. The highest BCUT2D eigenvalue weighted by atomic mass is 15.3. The molecule has 0 spiro atoms. The van der Waals surface area contributed by atoms with Crippen molar-refractivity contribution >= 4 is 11.0 Å². The van der Waals surface area contributed by atoms with Crippen molar-refractivity contribution in [1.29, 1.82) is 0 Å². The van der Waals surface area contributed by atoms with Gasteiger partial charge in [0.25, 0.3) is 0 Å². The van der Waals surface area contributed by atoms with Crippen LogP contribution in [0.15, 0.2) is 18.5 Å². The molecular weight excluding hydrogens is 212 g/mol. The monoisotopic (exact) mass is 232 g/mol. The third-order valence-corrected chi connectivity index (χ3v) is 2.65. The van der Waals surface area contributed by atoms with Gasteiger partial charge in [0.2, 0.25) is 0 Å². The molecular formula is C13H20N4. The molecule has 4 nitrogen and oxygen atoms in total. The normalized spacial score (nSPS) is 11.5. The number of nitrogens with one attached hydrogen (secondary N) is 1. The maximum absolute atomic E-state index is 4.51. The first kappa shape index (κ1) is 12.0. The molecule has 0 atom stereocenters. The Morgan fingerprint density at radius 1 is 1.35 bits per heavy atom. The molecule has 0 fully saturated rings. The SMILES string of the molecule is CCNCc1cnc2c(cnn2CC(C)C)c1. The quantitative estimate of drug-likeness (QED) is 0.859. The number of hydrogen-bond acceptors (Lipinski definition) is 3. The summed E-state index contributed by atoms with van der Waals surface area (Å²) in [5.74, 6) is 0.585. The molecule has 0 saturated heterocycles. The molecule has 0 radical (unpaired) electrons. The van der Waals surface area contributed by atoms with E-state index >= 15 is 0 Å². The summed E-state index contributed by atoms with van der Waals surface area (Å²) in [5, 5.41) is 8.82. The van der Waals surface area contributed by atoms with E-state index < -0.39 is 0 Å². The van der Waals surface area contributed by atoms with Gasteiger partial charge in [0, 0.05) is 24.7 Å². The summed E-state index contributed by atoms with van der Waals surface area (Å²) in [5.41, 5.74) is 2.20. The number of rotatable bonds is 5. The van der Waals surface area contributed by atoms with Crippen molar-refractivity contribution in [1.82, 2.24) is 20.1 Å². The summed E-state index contributed by atoms with van der Waals surface area (Å²) in [6.07, 6.45) is 3.84. The van der Waals surface area contributed by atoms with Crippen molar-refractivity contribution in [3.63, 3.8) is 0 Å². The molecule has 2 heterocycles. The van der Waals surface area contributed by atoms with Crippen molar-refractivity contribution in [3.8, 4) is 0 Å². The van der Waals surface area contributed by atoms with Crippen molar-refractivity contribution in [2.24, 2.45) is 5.92 Å². The van der Waals surface area contributed by atoms with Gasteiger partial charge in [-0.25, -0.2) is 9.67 Å². The Kier molecular flexibility index (Phi) is 3.74. The van der Waals surface area contributed by atoms with E-state index in [9.17, 15) is 0 Å². The van der Waals surface area contributed by atoms with Crippen LogP contribution in [0.25, 0.3) is 11.0 Å². The zero-order valence-corrected chi connectivity index (χ0v) is 10.8. The minimum Gasteiger partial charge on any atom is -0.313 e. The van der Waals surface area contributed by atoms with E-state index in [4.69, 9.17) is 0 Å². The second-order valence-electron chi connectivity index (χ2n) is 4.76. The van der Waals surface area contributed by atoms with Gasteiger partial charge in [-0.3, -0.25) is 0 Å². The first-order chi connectivity index (χ1) is 8.20. The molecule has 1 N–H and O–H groups in total. The largest absolute Gasteiger partial charge is 0.313 e. The van der Waals surface area contributed by atoms with Crippen LogP contribution in [0.3, 0.4) is 0 Å². The van der Waals surface area contributed by atoms with Crippen molar-refractivity contribution in [3.05, 3.63) is 24.0 Å². The zero-order chi connectivity index (χ0) is 12.3. The van der Waals surface area contributed by atoms with E-state index in [-0.39, 0.29) is 0 Å². The van der Waals surface area contributed by atoms with Gasteiger partial charge in [0.1, 0.15) is 0 Å². The van der Waals surface area contributed by atoms with E-state index in [0.717, 1.165) is 30.7 Å². The Bertz CT molecular complexity index is 487. The van der Waals surface area contributed by atoms with E-state index in [1.54, 1.807) is 0 Å². The Morgan fingerprint density at radius 3 is 2.88 bits per heavy atom. The predicted molar refractivity (Wildman–Crippen MR) is 69.7 cm³/mol. The minimum absolute atomic E-state index is 0.585.